The maximum absolute atomic E-state index is 12.6. The molecular weight excluding hydrogens is 566 g/mol. The maximum Gasteiger partial charge on any atom is 0.338 e. The van der Waals surface area contributed by atoms with Crippen molar-refractivity contribution in [2.75, 3.05) is 0 Å². The van der Waals surface area contributed by atoms with Gasteiger partial charge in [-0.2, -0.15) is 0 Å². The summed E-state index contributed by atoms with van der Waals surface area (Å²) >= 11 is 0. The van der Waals surface area contributed by atoms with Crippen LogP contribution in [0.3, 0.4) is 0 Å². The zero-order chi connectivity index (χ0) is 33.7. The predicted molar refractivity (Wildman–Crippen MR) is 190 cm³/mol. The normalized spacial score (nSPS) is 37.7. The third-order valence-corrected chi connectivity index (χ3v) is 13.6. The van der Waals surface area contributed by atoms with Crippen LogP contribution < -0.4 is 5.73 Å². The van der Waals surface area contributed by atoms with Gasteiger partial charge < -0.3 is 10.5 Å². The summed E-state index contributed by atoms with van der Waals surface area (Å²) in [5.41, 5.74) is 9.32. The van der Waals surface area contributed by atoms with Crippen LogP contribution in [0.15, 0.2) is 55.1 Å². The molecule has 0 bridgehead atoms. The Morgan fingerprint density at radius 2 is 1.46 bits per heavy atom. The highest BCUT2D eigenvalue weighted by Gasteiger charge is 2.64. The summed E-state index contributed by atoms with van der Waals surface area (Å²) in [4.78, 5) is 24.3. The molecule has 4 heteroatoms. The van der Waals surface area contributed by atoms with Gasteiger partial charge in [-0.05, 0) is 166 Å². The maximum atomic E-state index is 12.6. The number of ether oxygens (including phenoxy) is 1. The number of hydrogen-bond donors (Lipinski definition) is 1. The van der Waals surface area contributed by atoms with Crippen molar-refractivity contribution < 1.29 is 14.3 Å². The van der Waals surface area contributed by atoms with Gasteiger partial charge in [0.05, 0.1) is 5.56 Å². The summed E-state index contributed by atoms with van der Waals surface area (Å²) < 4.78 is 5.60. The van der Waals surface area contributed by atoms with Gasteiger partial charge in [0.1, 0.15) is 5.60 Å². The average Bonchev–Trinajstić information content (AvgIpc) is 3.40. The fraction of sp³-hybridized carbons (Fsp3) is 0.667. The Bertz CT molecular complexity index is 1380. The lowest BCUT2D eigenvalue weighted by atomic mass is 9.37. The number of allylic oxidation sites excluding steroid dienone is 4. The molecule has 0 spiro atoms. The largest absolute Gasteiger partial charge is 0.456 e. The molecule has 6 unspecified atom stereocenters. The standard InChI is InChI=1S/C39H55NO3.C3H6/c1-35(2,3)43-34(42)26-12-10-25(11-13-26)27-18-21-38(7)29-14-15-30-31-9-8-20-39(31,22-19-33(40)41)24-23-37(30,6)28(29)16-17-32(38)36(27,4)5;1-3-2/h10-13,18-19,22,28-32H,8-9,14-17,20-21,23-24H2,1-7H3,(H2,40,41);3H,1H2,2H3/b22-19+;/t28?,29?,30?,31-,32?,37+,38?,39?;/m1./s1. The van der Waals surface area contributed by atoms with E-state index < -0.39 is 5.60 Å². The summed E-state index contributed by atoms with van der Waals surface area (Å²) in [7, 11) is 0. The molecular formula is C42H61NO3. The van der Waals surface area contributed by atoms with E-state index in [9.17, 15) is 9.59 Å². The summed E-state index contributed by atoms with van der Waals surface area (Å²) in [5, 5.41) is 0. The molecule has 8 atom stereocenters. The highest BCUT2D eigenvalue weighted by atomic mass is 16.6. The molecule has 1 amide bonds. The molecule has 5 aliphatic rings. The van der Waals surface area contributed by atoms with Crippen molar-refractivity contribution in [2.45, 2.75) is 125 Å². The minimum absolute atomic E-state index is 0.0654. The van der Waals surface area contributed by atoms with Gasteiger partial charge in [-0.1, -0.05) is 64.5 Å². The first-order valence-electron chi connectivity index (χ1n) is 18.1. The third-order valence-electron chi connectivity index (χ3n) is 13.6. The number of rotatable bonds is 4. The van der Waals surface area contributed by atoms with Crippen LogP contribution in [0.4, 0.5) is 0 Å². The molecule has 1 aromatic rings. The summed E-state index contributed by atoms with van der Waals surface area (Å²) in [6.45, 7) is 21.2. The number of benzene rings is 1. The van der Waals surface area contributed by atoms with Crippen LogP contribution in [0.2, 0.25) is 0 Å². The van der Waals surface area contributed by atoms with E-state index in [1.807, 2.05) is 39.8 Å². The van der Waals surface area contributed by atoms with E-state index in [-0.39, 0.29) is 22.7 Å². The van der Waals surface area contributed by atoms with E-state index in [0.717, 1.165) is 24.2 Å². The van der Waals surface area contributed by atoms with Crippen LogP contribution in [0, 0.1) is 51.2 Å². The molecule has 0 aromatic heterocycles. The number of esters is 1. The highest BCUT2D eigenvalue weighted by Crippen LogP contribution is 2.73. The lowest BCUT2D eigenvalue weighted by Crippen LogP contribution is -2.60. The van der Waals surface area contributed by atoms with Gasteiger partial charge >= 0.3 is 5.97 Å². The molecule has 5 aliphatic carbocycles. The topological polar surface area (TPSA) is 69.4 Å². The summed E-state index contributed by atoms with van der Waals surface area (Å²) in [5.74, 6) is 3.08. The smallest absolute Gasteiger partial charge is 0.338 e. The first-order chi connectivity index (χ1) is 21.5. The van der Waals surface area contributed by atoms with E-state index in [1.54, 1.807) is 12.2 Å². The third kappa shape index (κ3) is 5.96. The molecule has 46 heavy (non-hydrogen) atoms. The van der Waals surface area contributed by atoms with Crippen LogP contribution in [-0.2, 0) is 9.53 Å². The van der Waals surface area contributed by atoms with E-state index in [1.165, 1.54) is 68.9 Å². The van der Waals surface area contributed by atoms with Gasteiger partial charge in [0.25, 0.3) is 0 Å². The van der Waals surface area contributed by atoms with Crippen molar-refractivity contribution in [3.05, 3.63) is 66.3 Å². The molecule has 0 saturated heterocycles. The minimum atomic E-state index is -0.497. The molecule has 6 rings (SSSR count). The van der Waals surface area contributed by atoms with Crippen molar-refractivity contribution in [1.29, 1.82) is 0 Å². The number of primary amides is 1. The lowest BCUT2D eigenvalue weighted by molar-refractivity contribution is -0.166. The molecule has 252 valence electrons. The Labute approximate surface area is 279 Å². The first-order valence-corrected chi connectivity index (χ1v) is 18.1. The average molecular weight is 628 g/mol. The van der Waals surface area contributed by atoms with E-state index in [2.05, 4.69) is 58.6 Å². The second kappa shape index (κ2) is 12.4. The van der Waals surface area contributed by atoms with Crippen LogP contribution in [0.25, 0.3) is 5.57 Å². The van der Waals surface area contributed by atoms with Gasteiger partial charge in [0.15, 0.2) is 0 Å². The van der Waals surface area contributed by atoms with Crippen molar-refractivity contribution >= 4 is 17.4 Å². The van der Waals surface area contributed by atoms with Crippen molar-refractivity contribution in [1.82, 2.24) is 0 Å². The minimum Gasteiger partial charge on any atom is -0.456 e. The fourth-order valence-corrected chi connectivity index (χ4v) is 11.9. The van der Waals surface area contributed by atoms with Crippen LogP contribution in [0.5, 0.6) is 0 Å². The van der Waals surface area contributed by atoms with E-state index in [4.69, 9.17) is 10.5 Å². The Morgan fingerprint density at radius 1 is 0.870 bits per heavy atom. The van der Waals surface area contributed by atoms with Crippen LogP contribution >= 0.6 is 0 Å². The SMILES string of the molecule is C=CC.CC(C)(C)OC(=O)c1ccc(C2=CCC3(C)C4CCC5[C@H]6CCCC6(/C=C/C(N)=O)CC[C@@]5(C)C4CCC3C2(C)C)cc1. The van der Waals surface area contributed by atoms with Crippen LogP contribution in [-0.4, -0.2) is 17.5 Å². The number of nitrogens with two attached hydrogens (primary N) is 1. The molecule has 0 radical (unpaired) electrons. The highest BCUT2D eigenvalue weighted by molar-refractivity contribution is 5.90. The van der Waals surface area contributed by atoms with Gasteiger partial charge in [-0.3, -0.25) is 4.79 Å². The molecule has 1 aromatic carbocycles. The van der Waals surface area contributed by atoms with Gasteiger partial charge in [-0.25, -0.2) is 4.79 Å². The summed E-state index contributed by atoms with van der Waals surface area (Å²) in [6.07, 6.45) is 21.0. The molecule has 0 aliphatic heterocycles. The Morgan fingerprint density at radius 3 is 2.07 bits per heavy atom. The molecule has 4 saturated carbocycles. The molecule has 0 heterocycles. The number of carbonyl (C=O) groups is 2. The van der Waals surface area contributed by atoms with Gasteiger partial charge in [0, 0.05) is 0 Å². The van der Waals surface area contributed by atoms with Gasteiger partial charge in [-0.15, -0.1) is 6.58 Å². The fourth-order valence-electron chi connectivity index (χ4n) is 11.9. The number of carbonyl (C=O) groups excluding carboxylic acids is 2. The first kappa shape index (κ1) is 34.7. The van der Waals surface area contributed by atoms with E-state index >= 15 is 0 Å². The quantitative estimate of drug-likeness (QED) is 0.205. The predicted octanol–water partition coefficient (Wildman–Crippen LogP) is 10.3. The Hall–Kier alpha value is -2.62. The Balaban J connectivity index is 0.00000134. The number of amides is 1. The second-order valence-corrected chi connectivity index (χ2v) is 17.5. The van der Waals surface area contributed by atoms with E-state index in [0.29, 0.717) is 28.2 Å². The number of hydrogen-bond acceptors (Lipinski definition) is 3. The van der Waals surface area contributed by atoms with Gasteiger partial charge in [0.2, 0.25) is 5.91 Å². The number of fused-ring (bicyclic) bond motifs is 7. The Kier molecular flexibility index (Phi) is 9.39. The van der Waals surface area contributed by atoms with Crippen molar-refractivity contribution in [3.63, 3.8) is 0 Å². The molecule has 4 fully saturated rings. The zero-order valence-electron chi connectivity index (χ0n) is 30.1. The summed E-state index contributed by atoms with van der Waals surface area (Å²) in [6, 6.07) is 8.15. The van der Waals surface area contributed by atoms with Crippen LogP contribution in [0.1, 0.15) is 136 Å². The molecule has 2 N–H and O–H groups in total. The monoisotopic (exact) mass is 627 g/mol. The molecule has 4 nitrogen and oxygen atoms in total. The lowest BCUT2D eigenvalue weighted by Gasteiger charge is -2.67. The second-order valence-electron chi connectivity index (χ2n) is 17.5. The van der Waals surface area contributed by atoms with Crippen molar-refractivity contribution in [2.24, 2.45) is 57.0 Å². The zero-order valence-corrected chi connectivity index (χ0v) is 30.1. The van der Waals surface area contributed by atoms with Crippen molar-refractivity contribution in [3.8, 4) is 0 Å².